The summed E-state index contributed by atoms with van der Waals surface area (Å²) in [5.41, 5.74) is 0. The average Bonchev–Trinajstić information content (AvgIpc) is 2.05. The number of halogens is 2. The zero-order valence-corrected chi connectivity index (χ0v) is 10.6. The molecule has 0 aliphatic heterocycles. The fraction of sp³-hybridized carbons (Fsp3) is 0. The van der Waals surface area contributed by atoms with Crippen LogP contribution in [0.1, 0.15) is 0 Å². The third-order valence-electron chi connectivity index (χ3n) is 1.32. The molecule has 0 aliphatic rings. The summed E-state index contributed by atoms with van der Waals surface area (Å²) in [5.74, 6) is 0. The predicted octanol–water partition coefficient (Wildman–Crippen LogP) is 1.92. The maximum atomic E-state index is 11.3. The van der Waals surface area contributed by atoms with E-state index in [1.165, 1.54) is 0 Å². The molecule has 1 rings (SSSR count). The SMILES string of the molecule is O=S(=O)(BI)c1ccc(Br)cc1. The molecular weight excluding hydrogens is 354 g/mol. The Balaban J connectivity index is 3.14. The van der Waals surface area contributed by atoms with Gasteiger partial charge in [0.05, 0.1) is 4.90 Å². The van der Waals surface area contributed by atoms with Gasteiger partial charge < -0.3 is 0 Å². The summed E-state index contributed by atoms with van der Waals surface area (Å²) in [6.45, 7) is 0. The van der Waals surface area contributed by atoms with Gasteiger partial charge in [-0.3, -0.25) is 0 Å². The van der Waals surface area contributed by atoms with Gasteiger partial charge in [0.2, 0.25) is 0 Å². The lowest BCUT2D eigenvalue weighted by atomic mass is 10.4. The molecule has 12 heavy (non-hydrogen) atoms. The Morgan fingerprint density at radius 1 is 1.25 bits per heavy atom. The van der Waals surface area contributed by atoms with Crippen LogP contribution >= 0.6 is 38.3 Å². The Bertz CT molecular complexity index is 362. The van der Waals surface area contributed by atoms with Gasteiger partial charge in [-0.15, -0.1) is 22.4 Å². The molecule has 0 fully saturated rings. The highest BCUT2D eigenvalue weighted by Crippen LogP contribution is 2.15. The van der Waals surface area contributed by atoms with Crippen LogP contribution in [0.15, 0.2) is 33.6 Å². The average molecular weight is 359 g/mol. The van der Waals surface area contributed by atoms with Gasteiger partial charge >= 0.3 is 4.41 Å². The molecule has 0 N–H and O–H groups in total. The highest BCUT2D eigenvalue weighted by molar-refractivity contribution is 14.1. The van der Waals surface area contributed by atoms with E-state index in [4.69, 9.17) is 0 Å². The molecule has 0 amide bonds. The molecule has 0 bridgehead atoms. The van der Waals surface area contributed by atoms with Crippen molar-refractivity contribution in [1.29, 1.82) is 0 Å². The summed E-state index contributed by atoms with van der Waals surface area (Å²) in [4.78, 5) is 0.375. The second kappa shape index (κ2) is 4.10. The van der Waals surface area contributed by atoms with Crippen LogP contribution in [-0.4, -0.2) is 12.8 Å². The first-order valence-corrected chi connectivity index (χ1v) is 7.07. The Morgan fingerprint density at radius 2 is 1.75 bits per heavy atom. The minimum absolute atomic E-state index is 0.117. The third kappa shape index (κ3) is 2.46. The number of hydrogen-bond donors (Lipinski definition) is 0. The van der Waals surface area contributed by atoms with Crippen molar-refractivity contribution in [2.45, 2.75) is 4.90 Å². The predicted molar refractivity (Wildman–Crippen MR) is 62.5 cm³/mol. The quantitative estimate of drug-likeness (QED) is 0.598. The number of rotatable bonds is 2. The Labute approximate surface area is 93.8 Å². The van der Waals surface area contributed by atoms with Crippen LogP contribution in [-0.2, 0) is 9.69 Å². The van der Waals surface area contributed by atoms with Crippen LogP contribution in [0.3, 0.4) is 0 Å². The summed E-state index contributed by atoms with van der Waals surface area (Å²) in [5, 5.41) is 0. The van der Waals surface area contributed by atoms with E-state index in [2.05, 4.69) is 15.9 Å². The molecule has 64 valence electrons. The zero-order valence-electron chi connectivity index (χ0n) is 6.00. The van der Waals surface area contributed by atoms with Gasteiger partial charge in [-0.1, -0.05) is 15.9 Å². The van der Waals surface area contributed by atoms with Gasteiger partial charge in [-0.05, 0) is 24.3 Å². The summed E-state index contributed by atoms with van der Waals surface area (Å²) in [6.07, 6.45) is 0. The monoisotopic (exact) mass is 358 g/mol. The summed E-state index contributed by atoms with van der Waals surface area (Å²) in [6, 6.07) is 6.63. The van der Waals surface area contributed by atoms with E-state index < -0.39 is 9.69 Å². The third-order valence-corrected chi connectivity index (χ3v) is 5.58. The smallest absolute Gasteiger partial charge is 0.235 e. The lowest BCUT2D eigenvalue weighted by molar-refractivity contribution is 0.609. The first-order valence-electron chi connectivity index (χ1n) is 3.10. The molecule has 0 atom stereocenters. The largest absolute Gasteiger partial charge is 0.351 e. The number of benzene rings is 1. The van der Waals surface area contributed by atoms with E-state index in [1.807, 2.05) is 22.4 Å². The van der Waals surface area contributed by atoms with Gasteiger partial charge in [0, 0.05) is 4.47 Å². The fourth-order valence-corrected chi connectivity index (χ4v) is 2.72. The van der Waals surface area contributed by atoms with Crippen LogP contribution in [0, 0.1) is 0 Å². The van der Waals surface area contributed by atoms with Crippen LogP contribution in [0.25, 0.3) is 0 Å². The standard InChI is InChI=1S/C6H5BBrIO2S/c8-5-1-3-6(4-2-5)12(10,11)7-9/h1-4,7H. The van der Waals surface area contributed by atoms with Crippen LogP contribution < -0.4 is 0 Å². The van der Waals surface area contributed by atoms with Crippen LogP contribution in [0.5, 0.6) is 0 Å². The minimum atomic E-state index is -3.05. The Morgan fingerprint density at radius 3 is 2.17 bits per heavy atom. The van der Waals surface area contributed by atoms with Crippen molar-refractivity contribution < 1.29 is 8.42 Å². The van der Waals surface area contributed by atoms with Gasteiger partial charge in [0.25, 0.3) is 0 Å². The second-order valence-corrected chi connectivity index (χ2v) is 6.88. The molecular formula is C6H5BBrIO2S. The van der Waals surface area contributed by atoms with Gasteiger partial charge in [0.1, 0.15) is 9.69 Å². The van der Waals surface area contributed by atoms with Crippen LogP contribution in [0.4, 0.5) is 0 Å². The molecule has 0 saturated heterocycles. The summed E-state index contributed by atoms with van der Waals surface area (Å²) >= 11 is 5.08. The van der Waals surface area contributed by atoms with E-state index in [9.17, 15) is 8.42 Å². The topological polar surface area (TPSA) is 34.1 Å². The van der Waals surface area contributed by atoms with E-state index in [0.29, 0.717) is 4.90 Å². The molecule has 0 aromatic heterocycles. The first-order chi connectivity index (χ1) is 5.56. The highest BCUT2D eigenvalue weighted by Gasteiger charge is 2.12. The molecule has 0 saturated carbocycles. The fourth-order valence-electron chi connectivity index (χ4n) is 0.705. The maximum Gasteiger partial charge on any atom is 0.351 e. The normalized spacial score (nSPS) is 11.2. The van der Waals surface area contributed by atoms with E-state index in [1.54, 1.807) is 24.3 Å². The van der Waals surface area contributed by atoms with Crippen LogP contribution in [0.2, 0.25) is 0 Å². The van der Waals surface area contributed by atoms with Gasteiger partial charge in [-0.2, -0.15) is 0 Å². The van der Waals surface area contributed by atoms with Crippen molar-refractivity contribution in [3.05, 3.63) is 28.7 Å². The maximum absolute atomic E-state index is 11.3. The molecule has 0 aliphatic carbocycles. The minimum Gasteiger partial charge on any atom is -0.235 e. The zero-order chi connectivity index (χ0) is 9.19. The van der Waals surface area contributed by atoms with Crippen molar-refractivity contribution in [2.24, 2.45) is 0 Å². The molecule has 1 aromatic carbocycles. The summed E-state index contributed by atoms with van der Waals surface area (Å²) in [7, 11) is -3.05. The first kappa shape index (κ1) is 10.5. The van der Waals surface area contributed by atoms with E-state index >= 15 is 0 Å². The van der Waals surface area contributed by atoms with E-state index in [0.717, 1.165) is 4.47 Å². The molecule has 6 heteroatoms. The van der Waals surface area contributed by atoms with Crippen molar-refractivity contribution in [3.8, 4) is 0 Å². The number of hydrogen-bond acceptors (Lipinski definition) is 2. The highest BCUT2D eigenvalue weighted by atomic mass is 127. The van der Waals surface area contributed by atoms with Crippen molar-refractivity contribution in [2.75, 3.05) is 0 Å². The molecule has 1 aromatic rings. The van der Waals surface area contributed by atoms with Gasteiger partial charge in [0.15, 0.2) is 0 Å². The lowest BCUT2D eigenvalue weighted by Gasteiger charge is -1.98. The van der Waals surface area contributed by atoms with Gasteiger partial charge in [-0.25, -0.2) is 8.42 Å². The molecule has 0 spiro atoms. The second-order valence-electron chi connectivity index (χ2n) is 2.18. The Kier molecular flexibility index (Phi) is 3.60. The molecule has 2 nitrogen and oxygen atoms in total. The molecule has 0 unspecified atom stereocenters. The summed E-state index contributed by atoms with van der Waals surface area (Å²) < 4.78 is 23.6. The van der Waals surface area contributed by atoms with Crippen molar-refractivity contribution in [3.63, 3.8) is 0 Å². The van der Waals surface area contributed by atoms with E-state index in [-0.39, 0.29) is 4.41 Å². The van der Waals surface area contributed by atoms with Crippen molar-refractivity contribution in [1.82, 2.24) is 0 Å². The van der Waals surface area contributed by atoms with Crippen molar-refractivity contribution >= 4 is 52.4 Å². The lowest BCUT2D eigenvalue weighted by Crippen LogP contribution is -2.03. The molecule has 0 heterocycles. The Hall–Kier alpha value is 0.445. The molecule has 0 radical (unpaired) electrons.